The van der Waals surface area contributed by atoms with Crippen LogP contribution in [0.3, 0.4) is 0 Å². The van der Waals surface area contributed by atoms with Gasteiger partial charge in [0.2, 0.25) is 0 Å². The molecule has 0 radical (unpaired) electrons. The van der Waals surface area contributed by atoms with Crippen LogP contribution < -0.4 is 4.74 Å². The first kappa shape index (κ1) is 23.0. The van der Waals surface area contributed by atoms with E-state index in [2.05, 4.69) is 10.1 Å². The van der Waals surface area contributed by atoms with Crippen LogP contribution in [0.5, 0.6) is 5.75 Å². The van der Waals surface area contributed by atoms with Crippen LogP contribution in [0.1, 0.15) is 35.6 Å². The summed E-state index contributed by atoms with van der Waals surface area (Å²) < 4.78 is 25.3. The van der Waals surface area contributed by atoms with Crippen molar-refractivity contribution in [2.75, 3.05) is 20.1 Å². The highest BCUT2D eigenvalue weighted by Gasteiger charge is 2.43. The third-order valence-corrected chi connectivity index (χ3v) is 5.82. The second-order valence-electron chi connectivity index (χ2n) is 8.16. The van der Waals surface area contributed by atoms with Crippen LogP contribution in [0.4, 0.5) is 4.39 Å². The molecule has 1 saturated carbocycles. The molecule has 2 N–H and O–H groups in total. The number of hydrogen-bond acceptors (Lipinski definition) is 7. The number of likely N-dealkylation sites (tertiary alicyclic amines) is 1. The number of aromatic nitrogens is 1. The fourth-order valence-electron chi connectivity index (χ4n) is 3.72. The molecule has 8 nitrogen and oxygen atoms in total. The Morgan fingerprint density at radius 1 is 1.45 bits per heavy atom. The van der Waals surface area contributed by atoms with Crippen molar-refractivity contribution < 1.29 is 28.7 Å². The van der Waals surface area contributed by atoms with Gasteiger partial charge < -0.3 is 24.4 Å². The van der Waals surface area contributed by atoms with E-state index in [4.69, 9.17) is 26.0 Å². The lowest BCUT2D eigenvalue weighted by Gasteiger charge is -2.46. The predicted octanol–water partition coefficient (Wildman–Crippen LogP) is 3.81. The van der Waals surface area contributed by atoms with Crippen molar-refractivity contribution in [3.05, 3.63) is 70.0 Å². The van der Waals surface area contributed by atoms with E-state index >= 15 is 0 Å². The van der Waals surface area contributed by atoms with E-state index in [1.54, 1.807) is 24.4 Å². The zero-order valence-corrected chi connectivity index (χ0v) is 18.6. The molecule has 1 aromatic heterocycles. The second kappa shape index (κ2) is 9.36. The maximum Gasteiger partial charge on any atom is 0.337 e. The van der Waals surface area contributed by atoms with Crippen molar-refractivity contribution in [3.63, 3.8) is 0 Å². The van der Waals surface area contributed by atoms with Crippen LogP contribution in [-0.2, 0) is 17.0 Å². The number of aliphatic hydroxyl groups is 1. The van der Waals surface area contributed by atoms with E-state index in [0.29, 0.717) is 28.9 Å². The average Bonchev–Trinajstić information content (AvgIpc) is 3.48. The van der Waals surface area contributed by atoms with Gasteiger partial charge >= 0.3 is 5.97 Å². The normalized spacial score (nSPS) is 18.5. The maximum atomic E-state index is 14.2. The summed E-state index contributed by atoms with van der Waals surface area (Å²) in [5.41, 5.74) is -0.129. The molecule has 1 aromatic carbocycles. The van der Waals surface area contributed by atoms with Crippen molar-refractivity contribution in [3.8, 4) is 5.75 Å². The minimum Gasteiger partial charge on any atom is -0.489 e. The summed E-state index contributed by atoms with van der Waals surface area (Å²) in [6.07, 6.45) is 6.93. The molecule has 0 bridgehead atoms. The fraction of sp³-hybridized carbons (Fsp3) is 0.348. The minimum atomic E-state index is -1.29. The van der Waals surface area contributed by atoms with Gasteiger partial charge in [-0.15, -0.1) is 0 Å². The first-order valence-electron chi connectivity index (χ1n) is 10.4. The van der Waals surface area contributed by atoms with Gasteiger partial charge in [-0.2, -0.15) is 0 Å². The van der Waals surface area contributed by atoms with Gasteiger partial charge in [-0.05, 0) is 31.1 Å². The molecule has 174 valence electrons. The van der Waals surface area contributed by atoms with Gasteiger partial charge in [0.25, 0.3) is 0 Å². The Morgan fingerprint density at radius 3 is 2.85 bits per heavy atom. The molecule has 2 fully saturated rings. The highest BCUT2D eigenvalue weighted by Crippen LogP contribution is 2.42. The molecule has 4 rings (SSSR count). The van der Waals surface area contributed by atoms with E-state index < -0.39 is 17.4 Å². The summed E-state index contributed by atoms with van der Waals surface area (Å²) in [7, 11) is 1.40. The molecule has 1 aliphatic heterocycles. The van der Waals surface area contributed by atoms with Crippen molar-refractivity contribution in [1.29, 1.82) is 0 Å². The van der Waals surface area contributed by atoms with Crippen molar-refractivity contribution in [2.24, 2.45) is 4.99 Å². The third-order valence-electron chi connectivity index (χ3n) is 5.50. The van der Waals surface area contributed by atoms with Crippen molar-refractivity contribution >= 4 is 23.8 Å². The predicted molar refractivity (Wildman–Crippen MR) is 119 cm³/mol. The Balaban J connectivity index is 1.38. The number of nitrogens with zero attached hydrogens (tertiary/aromatic N) is 3. The summed E-state index contributed by atoms with van der Waals surface area (Å²) in [6, 6.07) is 5.03. The third kappa shape index (κ3) is 5.26. The number of rotatable bonds is 9. The number of aliphatic carboxylic acids is 1. The smallest absolute Gasteiger partial charge is 0.337 e. The van der Waals surface area contributed by atoms with Gasteiger partial charge in [-0.25, -0.2) is 9.18 Å². The Hall–Kier alpha value is -3.17. The molecule has 2 aromatic rings. The van der Waals surface area contributed by atoms with Crippen molar-refractivity contribution in [1.82, 2.24) is 10.1 Å². The van der Waals surface area contributed by atoms with E-state index in [9.17, 15) is 14.3 Å². The number of halogens is 2. The average molecular weight is 476 g/mol. The number of allylic oxidation sites excluding steroid dienone is 2. The van der Waals surface area contributed by atoms with Crippen LogP contribution in [0.15, 0.2) is 57.6 Å². The Morgan fingerprint density at radius 2 is 2.21 bits per heavy atom. The Kier molecular flexibility index (Phi) is 6.53. The molecule has 1 saturated heterocycles. The summed E-state index contributed by atoms with van der Waals surface area (Å²) in [4.78, 5) is 16.2. The number of aliphatic imine (C=N–C) groups is 1. The van der Waals surface area contributed by atoms with Gasteiger partial charge in [-0.1, -0.05) is 22.8 Å². The maximum absolute atomic E-state index is 14.2. The van der Waals surface area contributed by atoms with Crippen molar-refractivity contribution in [2.45, 2.75) is 31.0 Å². The van der Waals surface area contributed by atoms with Crippen LogP contribution in [0.2, 0.25) is 5.02 Å². The summed E-state index contributed by atoms with van der Waals surface area (Å²) in [5, 5.41) is 24.1. The molecular formula is C23H23ClFN3O5. The van der Waals surface area contributed by atoms with Gasteiger partial charge in [0.05, 0.1) is 35.4 Å². The van der Waals surface area contributed by atoms with Crippen LogP contribution in [0, 0.1) is 0 Å². The van der Waals surface area contributed by atoms with Crippen LogP contribution >= 0.6 is 11.6 Å². The molecule has 0 spiro atoms. The minimum absolute atomic E-state index is 0.101. The molecule has 0 unspecified atom stereocenters. The number of hydrogen-bond donors (Lipinski definition) is 2. The molecule has 2 aliphatic rings. The number of carboxylic acids is 1. The molecule has 0 amide bonds. The lowest BCUT2D eigenvalue weighted by molar-refractivity contribution is -0.132. The molecule has 1 aliphatic carbocycles. The standard InChI is InChI=1S/C23H23ClFN3O5/c1-26-8-15(22(29)30)6-17(25)10-28-12-23(31,13-28)19-5-4-18(7-20(19)24)32-11-16-9-27-33-21(16)14-2-3-14/h4-10,14,31H,2-3,11-13H2,1H3,(H,29,30)/b15-6+,17-10-,26-8?. The number of carbonyl (C=O) groups is 1. The Labute approximate surface area is 194 Å². The second-order valence-corrected chi connectivity index (χ2v) is 8.57. The van der Waals surface area contributed by atoms with E-state index in [0.717, 1.165) is 42.7 Å². The monoisotopic (exact) mass is 475 g/mol. The summed E-state index contributed by atoms with van der Waals surface area (Å²) >= 11 is 6.40. The highest BCUT2D eigenvalue weighted by molar-refractivity contribution is 6.31. The molecular weight excluding hydrogens is 453 g/mol. The highest BCUT2D eigenvalue weighted by atomic mass is 35.5. The molecule has 0 atom stereocenters. The largest absolute Gasteiger partial charge is 0.489 e. The zero-order valence-electron chi connectivity index (χ0n) is 17.9. The number of carboxylic acid groups (broad SMARTS) is 1. The topological polar surface area (TPSA) is 108 Å². The zero-order chi connectivity index (χ0) is 23.6. The summed E-state index contributed by atoms with van der Waals surface area (Å²) in [6.45, 7) is 0.509. The van der Waals surface area contributed by atoms with Gasteiger partial charge in [0.1, 0.15) is 29.5 Å². The quantitative estimate of drug-likeness (QED) is 0.322. The number of benzene rings is 1. The lowest BCUT2D eigenvalue weighted by atomic mass is 9.86. The first-order chi connectivity index (χ1) is 15.8. The van der Waals surface area contributed by atoms with Gasteiger partial charge in [0, 0.05) is 30.9 Å². The molecule has 10 heteroatoms. The summed E-state index contributed by atoms with van der Waals surface area (Å²) in [5.74, 6) is -0.206. The van der Waals surface area contributed by atoms with Gasteiger partial charge in [-0.3, -0.25) is 4.99 Å². The Bertz CT molecular complexity index is 1130. The van der Waals surface area contributed by atoms with E-state index in [-0.39, 0.29) is 18.7 Å². The molecule has 2 heterocycles. The van der Waals surface area contributed by atoms with Crippen LogP contribution in [0.25, 0.3) is 0 Å². The van der Waals surface area contributed by atoms with Gasteiger partial charge in [0.15, 0.2) is 0 Å². The fourth-order valence-corrected chi connectivity index (χ4v) is 4.07. The lowest BCUT2D eigenvalue weighted by Crippen LogP contribution is -2.57. The first-order valence-corrected chi connectivity index (χ1v) is 10.7. The SMILES string of the molecule is CN=C/C(=C\C(F)=C\N1CC(O)(c2ccc(OCc3cnoc3C3CC3)cc2Cl)C1)C(=O)O. The number of β-amino-alcohol motifs (C(OH)–C–C–N with tert-alkyl or cyclic N) is 1. The van der Waals surface area contributed by atoms with Crippen LogP contribution in [-0.4, -0.2) is 52.6 Å². The van der Waals surface area contributed by atoms with E-state index in [1.807, 2.05) is 0 Å². The number of ether oxygens (including phenoxy) is 1. The molecule has 33 heavy (non-hydrogen) atoms. The van der Waals surface area contributed by atoms with E-state index in [1.165, 1.54) is 11.9 Å².